The van der Waals surface area contributed by atoms with E-state index in [9.17, 15) is 0 Å². The minimum atomic E-state index is 0.330. The summed E-state index contributed by atoms with van der Waals surface area (Å²) in [6.45, 7) is 2.48. The number of hydrogen-bond acceptors (Lipinski definition) is 7. The van der Waals surface area contributed by atoms with Crippen molar-refractivity contribution in [2.75, 3.05) is 30.4 Å². The maximum absolute atomic E-state index is 5.30. The first-order valence-corrected chi connectivity index (χ1v) is 7.66. The first-order chi connectivity index (χ1) is 10.8. The van der Waals surface area contributed by atoms with Crippen LogP contribution in [0.15, 0.2) is 22.8 Å². The second-order valence-electron chi connectivity index (χ2n) is 5.28. The van der Waals surface area contributed by atoms with E-state index in [0.717, 1.165) is 18.8 Å². The van der Waals surface area contributed by atoms with Crippen molar-refractivity contribution in [3.05, 3.63) is 24.2 Å². The van der Waals surface area contributed by atoms with Gasteiger partial charge in [0.1, 0.15) is 5.76 Å². The normalized spacial score (nSPS) is 15.4. The molecule has 3 rings (SSSR count). The summed E-state index contributed by atoms with van der Waals surface area (Å²) >= 11 is 0. The van der Waals surface area contributed by atoms with Gasteiger partial charge in [-0.3, -0.25) is 0 Å². The van der Waals surface area contributed by atoms with Gasteiger partial charge in [-0.2, -0.15) is 15.0 Å². The first-order valence-electron chi connectivity index (χ1n) is 7.66. The van der Waals surface area contributed by atoms with E-state index in [2.05, 4.69) is 25.2 Å². The number of methoxy groups -OCH3 is 1. The Hall–Kier alpha value is -2.31. The van der Waals surface area contributed by atoms with Gasteiger partial charge in [0.25, 0.3) is 0 Å². The molecule has 22 heavy (non-hydrogen) atoms. The van der Waals surface area contributed by atoms with E-state index in [0.29, 0.717) is 24.5 Å². The number of furan rings is 1. The van der Waals surface area contributed by atoms with Crippen LogP contribution in [0.1, 0.15) is 31.4 Å². The molecule has 7 heteroatoms. The van der Waals surface area contributed by atoms with Gasteiger partial charge in [0, 0.05) is 13.1 Å². The van der Waals surface area contributed by atoms with Gasteiger partial charge >= 0.3 is 6.01 Å². The number of anilines is 2. The smallest absolute Gasteiger partial charge is 0.322 e. The van der Waals surface area contributed by atoms with E-state index in [1.54, 1.807) is 13.4 Å². The average Bonchev–Trinajstić information content (AvgIpc) is 2.93. The highest BCUT2D eigenvalue weighted by Crippen LogP contribution is 2.19. The van der Waals surface area contributed by atoms with Crippen LogP contribution in [-0.2, 0) is 6.54 Å². The molecule has 0 spiro atoms. The van der Waals surface area contributed by atoms with Crippen molar-refractivity contribution in [3.8, 4) is 6.01 Å². The van der Waals surface area contributed by atoms with Gasteiger partial charge in [0.05, 0.1) is 19.9 Å². The Morgan fingerprint density at radius 2 is 2.00 bits per heavy atom. The Morgan fingerprint density at radius 3 is 2.68 bits per heavy atom. The summed E-state index contributed by atoms with van der Waals surface area (Å²) in [5.74, 6) is 2.01. The van der Waals surface area contributed by atoms with E-state index in [4.69, 9.17) is 9.15 Å². The number of nitrogens with zero attached hydrogens (tertiary/aromatic N) is 4. The SMILES string of the molecule is COc1nc(NCc2ccco2)nc(N2CCCCCC2)n1. The van der Waals surface area contributed by atoms with Crippen LogP contribution in [0, 0.1) is 0 Å². The topological polar surface area (TPSA) is 76.3 Å². The molecule has 1 N–H and O–H groups in total. The van der Waals surface area contributed by atoms with Crippen molar-refractivity contribution in [2.24, 2.45) is 0 Å². The predicted octanol–water partition coefficient (Wildman–Crippen LogP) is 2.47. The Labute approximate surface area is 129 Å². The lowest BCUT2D eigenvalue weighted by Crippen LogP contribution is -2.26. The summed E-state index contributed by atoms with van der Waals surface area (Å²) in [5.41, 5.74) is 0. The summed E-state index contributed by atoms with van der Waals surface area (Å²) in [6, 6.07) is 4.09. The molecule has 0 amide bonds. The minimum absolute atomic E-state index is 0.330. The highest BCUT2D eigenvalue weighted by atomic mass is 16.5. The van der Waals surface area contributed by atoms with Crippen molar-refractivity contribution in [1.82, 2.24) is 15.0 Å². The number of rotatable bonds is 5. The van der Waals surface area contributed by atoms with E-state index in [1.807, 2.05) is 12.1 Å². The molecule has 1 saturated heterocycles. The fourth-order valence-corrected chi connectivity index (χ4v) is 2.51. The van der Waals surface area contributed by atoms with Crippen LogP contribution in [0.5, 0.6) is 6.01 Å². The van der Waals surface area contributed by atoms with Crippen LogP contribution >= 0.6 is 0 Å². The van der Waals surface area contributed by atoms with Gasteiger partial charge in [-0.05, 0) is 25.0 Å². The van der Waals surface area contributed by atoms with E-state index in [-0.39, 0.29) is 0 Å². The van der Waals surface area contributed by atoms with Gasteiger partial charge in [-0.15, -0.1) is 0 Å². The first kappa shape index (κ1) is 14.6. The molecule has 2 aromatic heterocycles. The molecule has 1 aliphatic heterocycles. The second-order valence-corrected chi connectivity index (χ2v) is 5.28. The molecule has 0 unspecified atom stereocenters. The van der Waals surface area contributed by atoms with Crippen LogP contribution in [0.3, 0.4) is 0 Å². The average molecular weight is 303 g/mol. The molecule has 0 bridgehead atoms. The van der Waals surface area contributed by atoms with Crippen molar-refractivity contribution in [2.45, 2.75) is 32.2 Å². The largest absolute Gasteiger partial charge is 0.467 e. The summed E-state index contributed by atoms with van der Waals surface area (Å²) in [7, 11) is 1.57. The zero-order valence-corrected chi connectivity index (χ0v) is 12.8. The summed E-state index contributed by atoms with van der Waals surface area (Å²) < 4.78 is 10.5. The molecule has 0 atom stereocenters. The maximum atomic E-state index is 5.30. The molecule has 0 radical (unpaired) electrons. The maximum Gasteiger partial charge on any atom is 0.322 e. The van der Waals surface area contributed by atoms with Crippen LogP contribution < -0.4 is 15.0 Å². The lowest BCUT2D eigenvalue weighted by molar-refractivity contribution is 0.378. The lowest BCUT2D eigenvalue weighted by Gasteiger charge is -2.20. The minimum Gasteiger partial charge on any atom is -0.467 e. The van der Waals surface area contributed by atoms with Crippen molar-refractivity contribution in [3.63, 3.8) is 0 Å². The van der Waals surface area contributed by atoms with Crippen LogP contribution in [0.25, 0.3) is 0 Å². The lowest BCUT2D eigenvalue weighted by atomic mass is 10.2. The van der Waals surface area contributed by atoms with Crippen molar-refractivity contribution >= 4 is 11.9 Å². The van der Waals surface area contributed by atoms with E-state index in [1.165, 1.54) is 25.7 Å². The number of ether oxygens (including phenoxy) is 1. The molecule has 1 aliphatic rings. The number of hydrogen-bond donors (Lipinski definition) is 1. The van der Waals surface area contributed by atoms with Gasteiger partial charge in [0.2, 0.25) is 11.9 Å². The highest BCUT2D eigenvalue weighted by molar-refractivity contribution is 5.38. The Morgan fingerprint density at radius 1 is 1.18 bits per heavy atom. The zero-order chi connectivity index (χ0) is 15.2. The van der Waals surface area contributed by atoms with Gasteiger partial charge in [-0.25, -0.2) is 0 Å². The molecule has 0 aliphatic carbocycles. The molecule has 2 aromatic rings. The van der Waals surface area contributed by atoms with E-state index >= 15 is 0 Å². The van der Waals surface area contributed by atoms with Crippen molar-refractivity contribution in [1.29, 1.82) is 0 Å². The number of nitrogens with one attached hydrogen (secondary N) is 1. The zero-order valence-electron chi connectivity index (χ0n) is 12.8. The Balaban J connectivity index is 1.75. The van der Waals surface area contributed by atoms with Gasteiger partial charge in [-0.1, -0.05) is 12.8 Å². The summed E-state index contributed by atoms with van der Waals surface area (Å²) in [5, 5.41) is 3.15. The molecular formula is C15H21N5O2. The fraction of sp³-hybridized carbons (Fsp3) is 0.533. The molecule has 0 saturated carbocycles. The monoisotopic (exact) mass is 303 g/mol. The van der Waals surface area contributed by atoms with Crippen LogP contribution in [0.4, 0.5) is 11.9 Å². The molecule has 1 fully saturated rings. The highest BCUT2D eigenvalue weighted by Gasteiger charge is 2.15. The molecule has 0 aromatic carbocycles. The molecule has 118 valence electrons. The number of aromatic nitrogens is 3. The van der Waals surface area contributed by atoms with Gasteiger partial charge in [0.15, 0.2) is 0 Å². The summed E-state index contributed by atoms with van der Waals surface area (Å²) in [4.78, 5) is 15.3. The van der Waals surface area contributed by atoms with E-state index < -0.39 is 0 Å². The molecule has 3 heterocycles. The molecular weight excluding hydrogens is 282 g/mol. The van der Waals surface area contributed by atoms with Crippen LogP contribution in [-0.4, -0.2) is 35.2 Å². The second kappa shape index (κ2) is 7.11. The van der Waals surface area contributed by atoms with Crippen LogP contribution in [0.2, 0.25) is 0 Å². The predicted molar refractivity (Wildman–Crippen MR) is 83.1 cm³/mol. The third kappa shape index (κ3) is 3.66. The standard InChI is InChI=1S/C15H21N5O2/c1-21-15-18-13(16-11-12-7-6-10-22-12)17-14(19-15)20-8-4-2-3-5-9-20/h6-7,10H,2-5,8-9,11H2,1H3,(H,16,17,18,19). The Kier molecular flexibility index (Phi) is 4.72. The Bertz CT molecular complexity index is 580. The molecule has 7 nitrogen and oxygen atoms in total. The third-order valence-corrected chi connectivity index (χ3v) is 3.68. The third-order valence-electron chi connectivity index (χ3n) is 3.68. The quantitative estimate of drug-likeness (QED) is 0.909. The van der Waals surface area contributed by atoms with Crippen molar-refractivity contribution < 1.29 is 9.15 Å². The van der Waals surface area contributed by atoms with Gasteiger partial charge < -0.3 is 19.4 Å². The summed E-state index contributed by atoms with van der Waals surface area (Å²) in [6.07, 6.45) is 6.52. The fourth-order valence-electron chi connectivity index (χ4n) is 2.51.